The van der Waals surface area contributed by atoms with Crippen LogP contribution in [0.1, 0.15) is 56.2 Å². The van der Waals surface area contributed by atoms with Crippen LogP contribution in [-0.4, -0.2) is 81.6 Å². The molecule has 4 heterocycles. The summed E-state index contributed by atoms with van der Waals surface area (Å²) in [5, 5.41) is 12.9. The van der Waals surface area contributed by atoms with Gasteiger partial charge in [0.2, 0.25) is 5.88 Å². The Morgan fingerprint density at radius 2 is 1.69 bits per heavy atom. The highest BCUT2D eigenvalue weighted by molar-refractivity contribution is 7.93. The Labute approximate surface area is 287 Å². The van der Waals surface area contributed by atoms with Crippen LogP contribution in [0.3, 0.4) is 0 Å². The molecule has 2 saturated heterocycles. The summed E-state index contributed by atoms with van der Waals surface area (Å²) in [6.45, 7) is 8.39. The number of amides is 3. The molecule has 0 bridgehead atoms. The maximum Gasteiger partial charge on any atom is 0.318 e. The number of pyridine rings is 1. The number of benzene rings is 2. The Kier molecular flexibility index (Phi) is 9.81. The van der Waals surface area contributed by atoms with Gasteiger partial charge in [0, 0.05) is 24.8 Å². The number of hydrogen-bond donors (Lipinski definition) is 1. The first-order chi connectivity index (χ1) is 23.7. The van der Waals surface area contributed by atoms with Crippen LogP contribution in [-0.2, 0) is 20.4 Å². The van der Waals surface area contributed by atoms with Gasteiger partial charge in [-0.3, -0.25) is 4.79 Å². The smallest absolute Gasteiger partial charge is 0.318 e. The van der Waals surface area contributed by atoms with Crippen molar-refractivity contribution in [3.8, 4) is 17.7 Å². The average Bonchev–Trinajstić information content (AvgIpc) is 3.39. The van der Waals surface area contributed by atoms with Gasteiger partial charge in [-0.25, -0.2) is 18.2 Å². The van der Waals surface area contributed by atoms with Gasteiger partial charge in [0.1, 0.15) is 10.6 Å². The summed E-state index contributed by atoms with van der Waals surface area (Å²) in [5.41, 5.74) is -1.65. The fourth-order valence-electron chi connectivity index (χ4n) is 7.56. The number of urea groups is 1. The molecule has 2 aromatic carbocycles. The van der Waals surface area contributed by atoms with Crippen LogP contribution in [0.25, 0.3) is 0 Å². The summed E-state index contributed by atoms with van der Waals surface area (Å²) in [7, 11) is -3.26. The quantitative estimate of drug-likeness (QED) is 0.344. The number of likely N-dealkylation sites (tertiary alicyclic amines) is 2. The molecule has 12 nitrogen and oxygen atoms in total. The Morgan fingerprint density at radius 3 is 2.35 bits per heavy atom. The van der Waals surface area contributed by atoms with E-state index in [0.29, 0.717) is 29.2 Å². The van der Waals surface area contributed by atoms with Gasteiger partial charge in [-0.15, -0.1) is 0 Å². The van der Waals surface area contributed by atoms with E-state index in [2.05, 4.69) is 28.2 Å². The van der Waals surface area contributed by atoms with Crippen molar-refractivity contribution in [2.45, 2.75) is 50.0 Å². The standard InChI is InChI=1S/C36H42N6O6S/c1-4-40-19-14-26(15-20-40)27-16-21-41(22-17-27)35(44)39-36(28-9-8-18-38-33(28)48-5-2)29-23-25(24-37)12-13-30(29)42(34(36)43)49(45,46)32-11-7-6-10-31(32)47-3/h6-13,18,23,26-27H,4-5,14-17,19-22H2,1-3H3,(H,39,44). The minimum absolute atomic E-state index is 0.00126. The first-order valence-electron chi connectivity index (χ1n) is 16.8. The molecule has 13 heteroatoms. The molecule has 1 N–H and O–H groups in total. The molecular weight excluding hydrogens is 644 g/mol. The first-order valence-corrected chi connectivity index (χ1v) is 18.3. The van der Waals surface area contributed by atoms with E-state index in [1.807, 2.05) is 0 Å². The molecule has 258 valence electrons. The Bertz CT molecular complexity index is 1860. The molecule has 0 saturated carbocycles. The Hall–Kier alpha value is -4.67. The lowest BCUT2D eigenvalue weighted by Crippen LogP contribution is -2.58. The predicted octanol–water partition coefficient (Wildman–Crippen LogP) is 4.49. The number of piperidine rings is 2. The zero-order chi connectivity index (χ0) is 34.8. The fourth-order valence-corrected chi connectivity index (χ4v) is 9.19. The van der Waals surface area contributed by atoms with E-state index in [0.717, 1.165) is 45.3 Å². The molecule has 3 aliphatic rings. The van der Waals surface area contributed by atoms with E-state index >= 15 is 4.79 Å². The summed E-state index contributed by atoms with van der Waals surface area (Å²) in [4.78, 5) is 37.7. The third-order valence-corrected chi connectivity index (χ3v) is 11.9. The van der Waals surface area contributed by atoms with Gasteiger partial charge in [-0.2, -0.15) is 9.57 Å². The molecule has 1 aromatic heterocycles. The second-order valence-electron chi connectivity index (χ2n) is 12.6. The molecule has 3 aromatic rings. The molecule has 6 rings (SSSR count). The molecule has 2 fully saturated rings. The number of carbonyl (C=O) groups is 2. The van der Waals surface area contributed by atoms with Crippen molar-refractivity contribution in [2.24, 2.45) is 11.8 Å². The number of sulfonamides is 1. The van der Waals surface area contributed by atoms with Gasteiger partial charge in [0.25, 0.3) is 15.9 Å². The minimum Gasteiger partial charge on any atom is -0.495 e. The number of rotatable bonds is 9. The van der Waals surface area contributed by atoms with Crippen LogP contribution < -0.4 is 19.1 Å². The Balaban J connectivity index is 1.42. The van der Waals surface area contributed by atoms with Crippen molar-refractivity contribution in [2.75, 3.05) is 50.7 Å². The number of hydrogen-bond acceptors (Lipinski definition) is 9. The van der Waals surface area contributed by atoms with Crippen LogP contribution >= 0.6 is 0 Å². The SMILES string of the molecule is CCOc1ncccc1C1(NC(=O)N2CCC(C3CCN(CC)CC3)CC2)C(=O)N(S(=O)(=O)c2ccccc2OC)c2ccc(C#N)cc21. The lowest BCUT2D eigenvalue weighted by molar-refractivity contribution is -0.121. The van der Waals surface area contributed by atoms with Crippen molar-refractivity contribution >= 4 is 27.6 Å². The van der Waals surface area contributed by atoms with Crippen molar-refractivity contribution < 1.29 is 27.5 Å². The average molecular weight is 687 g/mol. The molecule has 0 spiro atoms. The number of methoxy groups -OCH3 is 1. The molecule has 1 unspecified atom stereocenters. The highest BCUT2D eigenvalue weighted by atomic mass is 32.2. The van der Waals surface area contributed by atoms with Crippen LogP contribution in [0.5, 0.6) is 11.6 Å². The van der Waals surface area contributed by atoms with Gasteiger partial charge in [0.15, 0.2) is 5.54 Å². The summed E-state index contributed by atoms with van der Waals surface area (Å²) < 4.78 is 40.9. The summed E-state index contributed by atoms with van der Waals surface area (Å²) in [5.74, 6) is 0.272. The predicted molar refractivity (Wildman–Crippen MR) is 183 cm³/mol. The zero-order valence-electron chi connectivity index (χ0n) is 28.1. The molecule has 3 aliphatic heterocycles. The second-order valence-corrected chi connectivity index (χ2v) is 14.4. The van der Waals surface area contributed by atoms with Crippen LogP contribution in [0.15, 0.2) is 65.7 Å². The summed E-state index contributed by atoms with van der Waals surface area (Å²) >= 11 is 0. The van der Waals surface area contributed by atoms with Crippen LogP contribution in [0.4, 0.5) is 10.5 Å². The van der Waals surface area contributed by atoms with Crippen molar-refractivity contribution in [3.63, 3.8) is 0 Å². The number of nitriles is 1. The van der Waals surface area contributed by atoms with Gasteiger partial charge >= 0.3 is 6.03 Å². The fraction of sp³-hybridized carbons (Fsp3) is 0.444. The summed E-state index contributed by atoms with van der Waals surface area (Å²) in [6.07, 6.45) is 5.47. The Morgan fingerprint density at radius 1 is 1.00 bits per heavy atom. The van der Waals surface area contributed by atoms with Crippen molar-refractivity contribution in [1.29, 1.82) is 5.26 Å². The highest BCUT2D eigenvalue weighted by Gasteiger charge is 2.59. The normalized spacial score (nSPS) is 20.5. The van der Waals surface area contributed by atoms with Crippen molar-refractivity contribution in [1.82, 2.24) is 20.1 Å². The number of anilines is 1. The first kappa shape index (κ1) is 34.2. The van der Waals surface area contributed by atoms with Crippen molar-refractivity contribution in [3.05, 3.63) is 77.5 Å². The number of para-hydroxylation sites is 1. The van der Waals surface area contributed by atoms with Gasteiger partial charge in [0.05, 0.1) is 36.6 Å². The maximum absolute atomic E-state index is 15.1. The van der Waals surface area contributed by atoms with Gasteiger partial charge in [-0.05, 0) is 107 Å². The van der Waals surface area contributed by atoms with E-state index in [-0.39, 0.29) is 45.5 Å². The number of nitrogens with zero attached hydrogens (tertiary/aromatic N) is 5. The maximum atomic E-state index is 15.1. The second kappa shape index (κ2) is 14.1. The number of ether oxygens (including phenoxy) is 2. The van der Waals surface area contributed by atoms with Gasteiger partial charge < -0.3 is 24.6 Å². The molecule has 49 heavy (non-hydrogen) atoms. The molecular formula is C36H42N6O6S. The number of nitrogens with one attached hydrogen (secondary N) is 1. The summed E-state index contributed by atoms with van der Waals surface area (Å²) in [6, 6.07) is 15.1. The molecule has 3 amide bonds. The highest BCUT2D eigenvalue weighted by Crippen LogP contribution is 2.50. The van der Waals surface area contributed by atoms with Crippen LogP contribution in [0, 0.1) is 23.2 Å². The lowest BCUT2D eigenvalue weighted by atomic mass is 9.79. The molecule has 0 radical (unpaired) electrons. The number of carbonyl (C=O) groups excluding carboxylic acids is 2. The van der Waals surface area contributed by atoms with E-state index in [1.165, 1.54) is 49.7 Å². The third-order valence-electron chi connectivity index (χ3n) is 10.2. The monoisotopic (exact) mass is 686 g/mol. The zero-order valence-corrected chi connectivity index (χ0v) is 28.9. The minimum atomic E-state index is -4.61. The van der Waals surface area contributed by atoms with E-state index in [4.69, 9.17) is 9.47 Å². The van der Waals surface area contributed by atoms with E-state index in [1.54, 1.807) is 30.0 Å². The number of aromatic nitrogens is 1. The van der Waals surface area contributed by atoms with Crippen LogP contribution in [0.2, 0.25) is 0 Å². The largest absolute Gasteiger partial charge is 0.495 e. The topological polar surface area (TPSA) is 145 Å². The van der Waals surface area contributed by atoms with E-state index in [9.17, 15) is 18.5 Å². The molecule has 1 atom stereocenters. The van der Waals surface area contributed by atoms with E-state index < -0.39 is 27.5 Å². The molecule has 0 aliphatic carbocycles. The third kappa shape index (κ3) is 6.08. The lowest BCUT2D eigenvalue weighted by Gasteiger charge is -2.41. The number of fused-ring (bicyclic) bond motifs is 1. The van der Waals surface area contributed by atoms with Gasteiger partial charge in [-0.1, -0.05) is 19.1 Å².